The van der Waals surface area contributed by atoms with Crippen molar-refractivity contribution in [2.24, 2.45) is 0 Å². The number of nitriles is 1. The number of aromatic hydroxyl groups is 1. The Morgan fingerprint density at radius 3 is 2.48 bits per heavy atom. The van der Waals surface area contributed by atoms with Gasteiger partial charge in [0.25, 0.3) is 5.91 Å². The molecule has 0 aliphatic heterocycles. The number of phenols is 1. The summed E-state index contributed by atoms with van der Waals surface area (Å²) in [5, 5.41) is 20.6. The topological polar surface area (TPSA) is 82.3 Å². The summed E-state index contributed by atoms with van der Waals surface area (Å²) >= 11 is 0. The van der Waals surface area contributed by atoms with Gasteiger partial charge in [0, 0.05) is 11.1 Å². The van der Waals surface area contributed by atoms with E-state index in [0.29, 0.717) is 23.4 Å². The Balaban J connectivity index is 2.29. The van der Waals surface area contributed by atoms with Crippen LogP contribution in [0, 0.1) is 23.0 Å². The molecule has 0 aliphatic carbocycles. The first kappa shape index (κ1) is 16.2. The highest BCUT2D eigenvalue weighted by Crippen LogP contribution is 2.25. The number of hydrogen-bond donors (Lipinski definition) is 2. The maximum Gasteiger partial charge on any atom is 0.252 e. The van der Waals surface area contributed by atoms with E-state index in [2.05, 4.69) is 5.32 Å². The van der Waals surface area contributed by atoms with Crippen molar-refractivity contribution in [1.29, 1.82) is 5.26 Å². The van der Waals surface area contributed by atoms with E-state index in [4.69, 9.17) is 9.84 Å². The van der Waals surface area contributed by atoms with Gasteiger partial charge in [-0.3, -0.25) is 4.79 Å². The molecule has 2 aromatic carbocycles. The second kappa shape index (κ2) is 6.75. The summed E-state index contributed by atoms with van der Waals surface area (Å²) in [4.78, 5) is 12.1. The lowest BCUT2D eigenvalue weighted by molar-refractivity contribution is 0.0944. The zero-order chi connectivity index (χ0) is 17.0. The molecular formula is C16H12F2N2O3. The van der Waals surface area contributed by atoms with E-state index in [9.17, 15) is 18.8 Å². The van der Waals surface area contributed by atoms with Gasteiger partial charge < -0.3 is 15.2 Å². The number of para-hydroxylation sites is 1. The molecule has 0 fully saturated rings. The van der Waals surface area contributed by atoms with Crippen molar-refractivity contribution in [2.45, 2.75) is 6.04 Å². The van der Waals surface area contributed by atoms with Crippen LogP contribution in [0.25, 0.3) is 0 Å². The minimum Gasteiger partial charge on any atom is -0.503 e. The van der Waals surface area contributed by atoms with Crippen LogP contribution in [0.5, 0.6) is 11.5 Å². The molecule has 0 aliphatic rings. The third kappa shape index (κ3) is 3.37. The van der Waals surface area contributed by atoms with E-state index < -0.39 is 29.3 Å². The molecule has 2 N–H and O–H groups in total. The molecule has 0 unspecified atom stereocenters. The first-order chi connectivity index (χ1) is 11.0. The van der Waals surface area contributed by atoms with Crippen LogP contribution in [0.15, 0.2) is 36.4 Å². The summed E-state index contributed by atoms with van der Waals surface area (Å²) in [5.41, 5.74) is 0.0542. The van der Waals surface area contributed by atoms with Crippen LogP contribution in [0.4, 0.5) is 8.78 Å². The van der Waals surface area contributed by atoms with Crippen LogP contribution >= 0.6 is 0 Å². The number of halogens is 2. The molecule has 0 aromatic heterocycles. The van der Waals surface area contributed by atoms with Crippen molar-refractivity contribution in [3.05, 3.63) is 59.2 Å². The summed E-state index contributed by atoms with van der Waals surface area (Å²) in [5.74, 6) is -4.16. The molecule has 0 radical (unpaired) electrons. The minimum absolute atomic E-state index is 0.354. The fourth-order valence-electron chi connectivity index (χ4n) is 2.00. The van der Waals surface area contributed by atoms with Gasteiger partial charge in [-0.1, -0.05) is 18.2 Å². The number of hydrogen-bond acceptors (Lipinski definition) is 4. The SMILES string of the molecule is COc1ccccc1[C@@H](C#N)NC(=O)c1cc(F)c(O)c(F)c1. The normalized spacial score (nSPS) is 11.4. The standard InChI is InChI=1S/C16H12F2N2O3/c1-23-14-5-3-2-4-10(14)13(8-19)20-16(22)9-6-11(17)15(21)12(18)7-9/h2-7,13,21H,1H3,(H,20,22)/t13-/m1/s1. The van der Waals surface area contributed by atoms with Gasteiger partial charge in [-0.15, -0.1) is 0 Å². The first-order valence-electron chi connectivity index (χ1n) is 6.49. The van der Waals surface area contributed by atoms with E-state index in [0.717, 1.165) is 0 Å². The van der Waals surface area contributed by atoms with Crippen LogP contribution < -0.4 is 10.1 Å². The van der Waals surface area contributed by atoms with E-state index in [-0.39, 0.29) is 5.56 Å². The van der Waals surface area contributed by atoms with Crippen molar-refractivity contribution < 1.29 is 23.4 Å². The Kier molecular flexibility index (Phi) is 4.76. The molecule has 2 rings (SSSR count). The lowest BCUT2D eigenvalue weighted by atomic mass is 10.1. The number of amides is 1. The first-order valence-corrected chi connectivity index (χ1v) is 6.49. The maximum absolute atomic E-state index is 13.3. The van der Waals surface area contributed by atoms with Crippen molar-refractivity contribution in [1.82, 2.24) is 5.32 Å². The predicted molar refractivity (Wildman–Crippen MR) is 76.8 cm³/mol. The number of rotatable bonds is 4. The molecule has 0 saturated heterocycles. The van der Waals surface area contributed by atoms with Crippen LogP contribution in [0.1, 0.15) is 22.0 Å². The Hall–Kier alpha value is -3.14. The Labute approximate surface area is 130 Å². The molecule has 5 nitrogen and oxygen atoms in total. The Morgan fingerprint density at radius 2 is 1.91 bits per heavy atom. The van der Waals surface area contributed by atoms with Crippen LogP contribution in [-0.4, -0.2) is 18.1 Å². The molecule has 0 heterocycles. The van der Waals surface area contributed by atoms with Gasteiger partial charge in [0.1, 0.15) is 11.8 Å². The van der Waals surface area contributed by atoms with E-state index in [1.165, 1.54) is 7.11 Å². The van der Waals surface area contributed by atoms with Gasteiger partial charge in [0.2, 0.25) is 0 Å². The summed E-state index contributed by atoms with van der Waals surface area (Å²) < 4.78 is 31.7. The van der Waals surface area contributed by atoms with Gasteiger partial charge in [-0.2, -0.15) is 5.26 Å². The molecule has 23 heavy (non-hydrogen) atoms. The third-order valence-corrected chi connectivity index (χ3v) is 3.13. The van der Waals surface area contributed by atoms with Gasteiger partial charge in [0.05, 0.1) is 13.2 Å². The van der Waals surface area contributed by atoms with Gasteiger partial charge >= 0.3 is 0 Å². The number of ether oxygens (including phenoxy) is 1. The summed E-state index contributed by atoms with van der Waals surface area (Å²) in [6, 6.07) is 8.75. The van der Waals surface area contributed by atoms with Gasteiger partial charge in [0.15, 0.2) is 17.4 Å². The number of methoxy groups -OCH3 is 1. The maximum atomic E-state index is 13.3. The van der Waals surface area contributed by atoms with E-state index >= 15 is 0 Å². The Morgan fingerprint density at radius 1 is 1.30 bits per heavy atom. The number of carbonyl (C=O) groups excluding carboxylic acids is 1. The van der Waals surface area contributed by atoms with Crippen LogP contribution in [0.3, 0.4) is 0 Å². The van der Waals surface area contributed by atoms with Crippen LogP contribution in [-0.2, 0) is 0 Å². The second-order valence-electron chi connectivity index (χ2n) is 4.57. The monoisotopic (exact) mass is 318 g/mol. The van der Waals surface area contributed by atoms with Crippen molar-refractivity contribution in [3.8, 4) is 17.6 Å². The van der Waals surface area contributed by atoms with Crippen molar-refractivity contribution in [3.63, 3.8) is 0 Å². The molecule has 118 valence electrons. The molecule has 0 saturated carbocycles. The van der Waals surface area contributed by atoms with Crippen molar-refractivity contribution in [2.75, 3.05) is 7.11 Å². The second-order valence-corrected chi connectivity index (χ2v) is 4.57. The number of benzene rings is 2. The fraction of sp³-hybridized carbons (Fsp3) is 0.125. The van der Waals surface area contributed by atoms with E-state index in [1.807, 2.05) is 6.07 Å². The molecule has 7 heteroatoms. The zero-order valence-electron chi connectivity index (χ0n) is 12.0. The van der Waals surface area contributed by atoms with Crippen LogP contribution in [0.2, 0.25) is 0 Å². The summed E-state index contributed by atoms with van der Waals surface area (Å²) in [6.07, 6.45) is 0. The number of nitrogens with zero attached hydrogens (tertiary/aromatic N) is 1. The number of carbonyl (C=O) groups is 1. The lowest BCUT2D eigenvalue weighted by Crippen LogP contribution is -2.28. The highest BCUT2D eigenvalue weighted by molar-refractivity contribution is 5.94. The molecule has 2 aromatic rings. The largest absolute Gasteiger partial charge is 0.503 e. The van der Waals surface area contributed by atoms with Gasteiger partial charge in [-0.25, -0.2) is 8.78 Å². The van der Waals surface area contributed by atoms with Gasteiger partial charge in [-0.05, 0) is 18.2 Å². The zero-order valence-corrected chi connectivity index (χ0v) is 12.0. The summed E-state index contributed by atoms with van der Waals surface area (Å²) in [7, 11) is 1.42. The van der Waals surface area contributed by atoms with Crippen molar-refractivity contribution >= 4 is 5.91 Å². The highest BCUT2D eigenvalue weighted by Gasteiger charge is 2.20. The quantitative estimate of drug-likeness (QED) is 0.908. The number of nitrogens with one attached hydrogen (secondary N) is 1. The molecular weight excluding hydrogens is 306 g/mol. The van der Waals surface area contributed by atoms with E-state index in [1.54, 1.807) is 24.3 Å². The molecule has 1 amide bonds. The third-order valence-electron chi connectivity index (χ3n) is 3.13. The lowest BCUT2D eigenvalue weighted by Gasteiger charge is -2.15. The molecule has 0 spiro atoms. The average Bonchev–Trinajstić information content (AvgIpc) is 2.56. The Bertz CT molecular complexity index is 764. The molecule has 1 atom stereocenters. The smallest absolute Gasteiger partial charge is 0.252 e. The minimum atomic E-state index is -1.26. The summed E-state index contributed by atoms with van der Waals surface area (Å²) in [6.45, 7) is 0. The molecule has 0 bridgehead atoms. The highest BCUT2D eigenvalue weighted by atomic mass is 19.1. The number of phenolic OH excluding ortho intramolecular Hbond substituents is 1. The fourth-order valence-corrected chi connectivity index (χ4v) is 2.00. The average molecular weight is 318 g/mol. The predicted octanol–water partition coefficient (Wildman–Crippen LogP) is 2.67.